The average molecular weight is 354 g/mol. The third kappa shape index (κ3) is 6.43. The van der Waals surface area contributed by atoms with Gasteiger partial charge >= 0.3 is 0 Å². The number of sulfone groups is 1. The Morgan fingerprint density at radius 3 is 2.52 bits per heavy atom. The first-order valence-corrected chi connectivity index (χ1v) is 9.39. The van der Waals surface area contributed by atoms with Crippen LogP contribution in [0.4, 0.5) is 0 Å². The van der Waals surface area contributed by atoms with Crippen molar-refractivity contribution in [1.29, 1.82) is 0 Å². The molecule has 0 aliphatic carbocycles. The highest BCUT2D eigenvalue weighted by Crippen LogP contribution is 2.33. The molecule has 1 aromatic rings. The van der Waals surface area contributed by atoms with Gasteiger partial charge in [0.15, 0.2) is 9.84 Å². The van der Waals surface area contributed by atoms with E-state index in [9.17, 15) is 8.42 Å². The Bertz CT molecular complexity index is 574. The molecule has 1 rings (SSSR count). The molecule has 2 N–H and O–H groups in total. The minimum Gasteiger partial charge on any atom is -0.491 e. The summed E-state index contributed by atoms with van der Waals surface area (Å²) in [4.78, 5) is 0. The van der Waals surface area contributed by atoms with Gasteiger partial charge in [0, 0.05) is 11.1 Å². The topological polar surface area (TPSA) is 69.4 Å². The fraction of sp³-hybridized carbons (Fsp3) is 0.571. The van der Waals surface area contributed by atoms with Crippen LogP contribution < -0.4 is 10.5 Å². The molecule has 1 atom stereocenters. The van der Waals surface area contributed by atoms with Gasteiger partial charge in [0.1, 0.15) is 12.4 Å². The number of ether oxygens (including phenoxy) is 1. The maximum atomic E-state index is 11.7. The molecule has 1 aromatic carbocycles. The molecule has 0 spiro atoms. The number of benzene rings is 1. The summed E-state index contributed by atoms with van der Waals surface area (Å²) in [6.45, 7) is 3.76. The number of halogens is 2. The molecule has 4 nitrogen and oxygen atoms in total. The van der Waals surface area contributed by atoms with E-state index in [4.69, 9.17) is 33.7 Å². The molecular formula is C14H21Cl2NO3S. The zero-order valence-electron chi connectivity index (χ0n) is 12.2. The lowest BCUT2D eigenvalue weighted by Crippen LogP contribution is -2.20. The maximum absolute atomic E-state index is 11.7. The largest absolute Gasteiger partial charge is 0.491 e. The molecule has 0 saturated heterocycles. The van der Waals surface area contributed by atoms with Gasteiger partial charge in [-0.05, 0) is 37.5 Å². The van der Waals surface area contributed by atoms with E-state index in [1.54, 1.807) is 12.1 Å². The Kier molecular flexibility index (Phi) is 7.27. The minimum atomic E-state index is -3.08. The SMILES string of the molecule is CCCS(=O)(=O)CCOc1c(Cl)cc(Cl)cc1CC(C)N. The van der Waals surface area contributed by atoms with Gasteiger partial charge in [-0.15, -0.1) is 0 Å². The highest BCUT2D eigenvalue weighted by Gasteiger charge is 2.15. The number of rotatable bonds is 8. The Hall–Kier alpha value is -0.490. The summed E-state index contributed by atoms with van der Waals surface area (Å²) in [6.07, 6.45) is 1.15. The van der Waals surface area contributed by atoms with Crippen molar-refractivity contribution in [3.63, 3.8) is 0 Å². The lowest BCUT2D eigenvalue weighted by atomic mass is 10.1. The average Bonchev–Trinajstić information content (AvgIpc) is 2.31. The van der Waals surface area contributed by atoms with Gasteiger partial charge in [0.2, 0.25) is 0 Å². The van der Waals surface area contributed by atoms with Crippen LogP contribution >= 0.6 is 23.2 Å². The van der Waals surface area contributed by atoms with Crippen LogP contribution in [0.2, 0.25) is 10.0 Å². The summed E-state index contributed by atoms with van der Waals surface area (Å²) in [5, 5.41) is 0.868. The predicted molar refractivity (Wildman–Crippen MR) is 88.3 cm³/mol. The molecule has 0 heterocycles. The van der Waals surface area contributed by atoms with Gasteiger partial charge in [-0.2, -0.15) is 0 Å². The fourth-order valence-electron chi connectivity index (χ4n) is 1.96. The summed E-state index contributed by atoms with van der Waals surface area (Å²) in [6, 6.07) is 3.24. The molecule has 0 radical (unpaired) electrons. The van der Waals surface area contributed by atoms with Crippen LogP contribution in [-0.2, 0) is 16.3 Å². The van der Waals surface area contributed by atoms with Crippen molar-refractivity contribution >= 4 is 33.0 Å². The van der Waals surface area contributed by atoms with Crippen molar-refractivity contribution in [2.24, 2.45) is 5.73 Å². The zero-order chi connectivity index (χ0) is 16.0. The second-order valence-electron chi connectivity index (χ2n) is 5.06. The number of nitrogens with two attached hydrogens (primary N) is 1. The maximum Gasteiger partial charge on any atom is 0.153 e. The van der Waals surface area contributed by atoms with Gasteiger partial charge in [-0.1, -0.05) is 30.1 Å². The van der Waals surface area contributed by atoms with Crippen LogP contribution in [0.1, 0.15) is 25.8 Å². The smallest absolute Gasteiger partial charge is 0.153 e. The van der Waals surface area contributed by atoms with Crippen molar-refractivity contribution in [3.05, 3.63) is 27.7 Å². The van der Waals surface area contributed by atoms with Crippen molar-refractivity contribution in [2.45, 2.75) is 32.7 Å². The lowest BCUT2D eigenvalue weighted by molar-refractivity contribution is 0.336. The third-order valence-corrected chi connectivity index (χ3v) is 5.10. The Balaban J connectivity index is 2.82. The van der Waals surface area contributed by atoms with E-state index in [0.29, 0.717) is 28.6 Å². The molecule has 0 bridgehead atoms. The summed E-state index contributed by atoms with van der Waals surface area (Å²) < 4.78 is 28.9. The number of hydrogen-bond acceptors (Lipinski definition) is 4. The van der Waals surface area contributed by atoms with E-state index in [1.807, 2.05) is 13.8 Å². The Morgan fingerprint density at radius 1 is 1.29 bits per heavy atom. The fourth-order valence-corrected chi connectivity index (χ4v) is 3.71. The van der Waals surface area contributed by atoms with E-state index < -0.39 is 9.84 Å². The van der Waals surface area contributed by atoms with Crippen molar-refractivity contribution in [3.8, 4) is 5.75 Å². The summed E-state index contributed by atoms with van der Waals surface area (Å²) in [5.41, 5.74) is 6.58. The first-order chi connectivity index (χ1) is 9.75. The lowest BCUT2D eigenvalue weighted by Gasteiger charge is -2.15. The standard InChI is InChI=1S/C14H21Cl2NO3S/c1-3-5-21(18,19)6-4-20-14-11(7-10(2)17)8-12(15)9-13(14)16/h8-10H,3-7,17H2,1-2H3. The Labute approximate surface area is 136 Å². The molecule has 0 aliphatic heterocycles. The van der Waals surface area contributed by atoms with E-state index in [1.165, 1.54) is 0 Å². The second kappa shape index (κ2) is 8.22. The van der Waals surface area contributed by atoms with E-state index >= 15 is 0 Å². The van der Waals surface area contributed by atoms with Crippen molar-refractivity contribution in [2.75, 3.05) is 18.1 Å². The summed E-state index contributed by atoms with van der Waals surface area (Å²) in [5.74, 6) is 0.597. The molecule has 1 unspecified atom stereocenters. The third-order valence-electron chi connectivity index (χ3n) is 2.78. The molecule has 0 saturated carbocycles. The monoisotopic (exact) mass is 353 g/mol. The van der Waals surface area contributed by atoms with Crippen LogP contribution in [-0.4, -0.2) is 32.6 Å². The van der Waals surface area contributed by atoms with Crippen LogP contribution in [0.25, 0.3) is 0 Å². The van der Waals surface area contributed by atoms with E-state index in [2.05, 4.69) is 0 Å². The second-order valence-corrected chi connectivity index (χ2v) is 8.20. The molecule has 0 amide bonds. The van der Waals surface area contributed by atoms with Gasteiger partial charge < -0.3 is 10.5 Å². The molecule has 0 aliphatic rings. The Morgan fingerprint density at radius 2 is 1.95 bits per heavy atom. The summed E-state index contributed by atoms with van der Waals surface area (Å²) in [7, 11) is -3.08. The summed E-state index contributed by atoms with van der Waals surface area (Å²) >= 11 is 12.1. The number of hydrogen-bond donors (Lipinski definition) is 1. The van der Waals surface area contributed by atoms with E-state index in [0.717, 1.165) is 5.56 Å². The molecular weight excluding hydrogens is 333 g/mol. The van der Waals surface area contributed by atoms with Crippen LogP contribution in [0.3, 0.4) is 0 Å². The van der Waals surface area contributed by atoms with Gasteiger partial charge in [-0.3, -0.25) is 0 Å². The van der Waals surface area contributed by atoms with Gasteiger partial charge in [0.25, 0.3) is 0 Å². The first-order valence-electron chi connectivity index (χ1n) is 6.82. The van der Waals surface area contributed by atoms with E-state index in [-0.39, 0.29) is 24.2 Å². The molecule has 120 valence electrons. The van der Waals surface area contributed by atoms with Crippen LogP contribution in [0.5, 0.6) is 5.75 Å². The predicted octanol–water partition coefficient (Wildman–Crippen LogP) is 3.09. The van der Waals surface area contributed by atoms with Crippen LogP contribution in [0, 0.1) is 0 Å². The normalized spacial score (nSPS) is 13.2. The highest BCUT2D eigenvalue weighted by atomic mass is 35.5. The molecule has 0 aromatic heterocycles. The van der Waals surface area contributed by atoms with Crippen LogP contribution in [0.15, 0.2) is 12.1 Å². The first kappa shape index (κ1) is 18.6. The zero-order valence-corrected chi connectivity index (χ0v) is 14.6. The molecule has 0 fully saturated rings. The van der Waals surface area contributed by atoms with Gasteiger partial charge in [0.05, 0.1) is 16.5 Å². The van der Waals surface area contributed by atoms with Crippen molar-refractivity contribution < 1.29 is 13.2 Å². The minimum absolute atomic E-state index is 0.0303. The highest BCUT2D eigenvalue weighted by molar-refractivity contribution is 7.91. The quantitative estimate of drug-likeness (QED) is 0.779. The van der Waals surface area contributed by atoms with Crippen molar-refractivity contribution in [1.82, 2.24) is 0 Å². The van der Waals surface area contributed by atoms with Gasteiger partial charge in [-0.25, -0.2) is 8.42 Å². The molecule has 21 heavy (non-hydrogen) atoms. The molecule has 7 heteroatoms.